The highest BCUT2D eigenvalue weighted by Gasteiger charge is 2.16. The van der Waals surface area contributed by atoms with Crippen molar-refractivity contribution in [2.24, 2.45) is 0 Å². The number of nitrogens with one attached hydrogen (secondary N) is 2. The number of likely N-dealkylation sites (N-methyl/N-ethyl adjacent to an activating group) is 1. The number of esters is 1. The number of hydrogen-bond donors (Lipinski definition) is 2. The van der Waals surface area contributed by atoms with Gasteiger partial charge in [0.1, 0.15) is 0 Å². The molecular formula is C12H16N2O5S. The summed E-state index contributed by atoms with van der Waals surface area (Å²) in [5, 5.41) is 2.47. The number of ether oxygens (including phenoxy) is 1. The topological polar surface area (TPSA) is 102 Å². The van der Waals surface area contributed by atoms with E-state index < -0.39 is 21.9 Å². The molecule has 8 heteroatoms. The molecule has 0 saturated heterocycles. The van der Waals surface area contributed by atoms with E-state index in [9.17, 15) is 18.0 Å². The van der Waals surface area contributed by atoms with Gasteiger partial charge in [-0.2, -0.15) is 0 Å². The molecule has 7 nitrogen and oxygen atoms in total. The van der Waals surface area contributed by atoms with E-state index in [4.69, 9.17) is 0 Å². The van der Waals surface area contributed by atoms with Crippen molar-refractivity contribution < 1.29 is 22.7 Å². The van der Waals surface area contributed by atoms with Crippen LogP contribution in [0.15, 0.2) is 29.2 Å². The van der Waals surface area contributed by atoms with E-state index in [-0.39, 0.29) is 17.0 Å². The van der Waals surface area contributed by atoms with Gasteiger partial charge < -0.3 is 10.1 Å². The molecule has 20 heavy (non-hydrogen) atoms. The third-order valence-corrected chi connectivity index (χ3v) is 3.80. The fourth-order valence-corrected chi connectivity index (χ4v) is 2.37. The van der Waals surface area contributed by atoms with Crippen molar-refractivity contribution in [3.63, 3.8) is 0 Å². The summed E-state index contributed by atoms with van der Waals surface area (Å²) in [5.41, 5.74) is 0.246. The van der Waals surface area contributed by atoms with Crippen LogP contribution in [0.5, 0.6) is 0 Å². The lowest BCUT2D eigenvalue weighted by atomic mass is 10.2. The van der Waals surface area contributed by atoms with Gasteiger partial charge in [-0.05, 0) is 31.2 Å². The summed E-state index contributed by atoms with van der Waals surface area (Å²) in [6.45, 7) is 1.82. The first kappa shape index (κ1) is 16.1. The molecule has 2 N–H and O–H groups in total. The third-order valence-electron chi connectivity index (χ3n) is 2.38. The van der Waals surface area contributed by atoms with Crippen LogP contribution in [-0.2, 0) is 19.6 Å². The molecule has 110 valence electrons. The van der Waals surface area contributed by atoms with Crippen molar-refractivity contribution in [2.45, 2.75) is 11.8 Å². The van der Waals surface area contributed by atoms with E-state index in [1.165, 1.54) is 31.4 Å². The molecule has 0 bridgehead atoms. The highest BCUT2D eigenvalue weighted by atomic mass is 32.2. The highest BCUT2D eigenvalue weighted by molar-refractivity contribution is 7.89. The molecule has 0 spiro atoms. The Labute approximate surface area is 117 Å². The molecule has 0 fully saturated rings. The Bertz CT molecular complexity index is 580. The fraction of sp³-hybridized carbons (Fsp3) is 0.333. The van der Waals surface area contributed by atoms with Crippen LogP contribution in [0.1, 0.15) is 17.3 Å². The van der Waals surface area contributed by atoms with Gasteiger partial charge in [-0.25, -0.2) is 17.9 Å². The van der Waals surface area contributed by atoms with Gasteiger partial charge in [0.2, 0.25) is 15.9 Å². The molecule has 0 aliphatic rings. The zero-order valence-corrected chi connectivity index (χ0v) is 12.0. The molecule has 0 aliphatic carbocycles. The lowest BCUT2D eigenvalue weighted by Crippen LogP contribution is -2.36. The highest BCUT2D eigenvalue weighted by Crippen LogP contribution is 2.11. The standard InChI is InChI=1S/C12H16N2O5S/c1-3-13-11(15)8-14-20(17,18)10-6-4-9(5-7-10)12(16)19-2/h4-7,14H,3,8H2,1-2H3,(H,13,15). The van der Waals surface area contributed by atoms with Gasteiger partial charge in [0.05, 0.1) is 24.1 Å². The van der Waals surface area contributed by atoms with Gasteiger partial charge in [-0.1, -0.05) is 0 Å². The Morgan fingerprint density at radius 2 is 1.80 bits per heavy atom. The minimum Gasteiger partial charge on any atom is -0.465 e. The van der Waals surface area contributed by atoms with Gasteiger partial charge in [0, 0.05) is 6.54 Å². The molecule has 0 saturated carbocycles. The SMILES string of the molecule is CCNC(=O)CNS(=O)(=O)c1ccc(C(=O)OC)cc1. The van der Waals surface area contributed by atoms with Gasteiger partial charge in [-0.15, -0.1) is 0 Å². The number of hydrogen-bond acceptors (Lipinski definition) is 5. The molecule has 1 aromatic rings. The van der Waals surface area contributed by atoms with Crippen LogP contribution in [0.3, 0.4) is 0 Å². The first-order valence-corrected chi connectivity index (χ1v) is 7.33. The lowest BCUT2D eigenvalue weighted by molar-refractivity contribution is -0.119. The van der Waals surface area contributed by atoms with E-state index in [0.29, 0.717) is 6.54 Å². The predicted molar refractivity (Wildman–Crippen MR) is 71.7 cm³/mol. The Morgan fingerprint density at radius 3 is 2.30 bits per heavy atom. The summed E-state index contributed by atoms with van der Waals surface area (Å²) in [4.78, 5) is 22.4. The van der Waals surface area contributed by atoms with Crippen LogP contribution >= 0.6 is 0 Å². The van der Waals surface area contributed by atoms with E-state index >= 15 is 0 Å². The monoisotopic (exact) mass is 300 g/mol. The molecule has 0 aromatic heterocycles. The number of benzene rings is 1. The summed E-state index contributed by atoms with van der Waals surface area (Å²) in [6.07, 6.45) is 0. The minimum absolute atomic E-state index is 0.0329. The second-order valence-corrected chi connectivity index (χ2v) is 5.56. The summed E-state index contributed by atoms with van der Waals surface area (Å²) < 4.78 is 30.4. The van der Waals surface area contributed by atoms with Crippen molar-refractivity contribution in [1.82, 2.24) is 10.0 Å². The molecule has 0 radical (unpaired) electrons. The normalized spacial score (nSPS) is 10.9. The fourth-order valence-electron chi connectivity index (χ4n) is 1.39. The van der Waals surface area contributed by atoms with E-state index in [0.717, 1.165) is 0 Å². The smallest absolute Gasteiger partial charge is 0.337 e. The Hall–Kier alpha value is -1.93. The molecule has 0 aliphatic heterocycles. The minimum atomic E-state index is -3.79. The maximum atomic E-state index is 11.9. The van der Waals surface area contributed by atoms with Gasteiger partial charge in [-0.3, -0.25) is 4.79 Å². The summed E-state index contributed by atoms with van der Waals surface area (Å²) in [6, 6.07) is 5.22. The summed E-state index contributed by atoms with van der Waals surface area (Å²) >= 11 is 0. The average molecular weight is 300 g/mol. The largest absolute Gasteiger partial charge is 0.465 e. The second-order valence-electron chi connectivity index (χ2n) is 3.79. The average Bonchev–Trinajstić information content (AvgIpc) is 2.45. The van der Waals surface area contributed by atoms with Crippen LogP contribution < -0.4 is 10.0 Å². The molecule has 1 amide bonds. The van der Waals surface area contributed by atoms with Crippen molar-refractivity contribution >= 4 is 21.9 Å². The Balaban J connectivity index is 2.78. The van der Waals surface area contributed by atoms with E-state index in [1.807, 2.05) is 0 Å². The number of carbonyl (C=O) groups is 2. The molecule has 0 atom stereocenters. The molecule has 0 heterocycles. The summed E-state index contributed by atoms with van der Waals surface area (Å²) in [5.74, 6) is -0.966. The van der Waals surface area contributed by atoms with E-state index in [1.54, 1.807) is 6.92 Å². The second kappa shape index (κ2) is 7.01. The molecular weight excluding hydrogens is 284 g/mol. The number of amides is 1. The van der Waals surface area contributed by atoms with Gasteiger partial charge in [0.15, 0.2) is 0 Å². The Kier molecular flexibility index (Phi) is 5.66. The van der Waals surface area contributed by atoms with E-state index in [2.05, 4.69) is 14.8 Å². The number of methoxy groups -OCH3 is 1. The quantitative estimate of drug-likeness (QED) is 0.714. The molecule has 1 aromatic carbocycles. The Morgan fingerprint density at radius 1 is 1.20 bits per heavy atom. The zero-order chi connectivity index (χ0) is 15.2. The van der Waals surface area contributed by atoms with Crippen LogP contribution in [0.4, 0.5) is 0 Å². The first-order valence-electron chi connectivity index (χ1n) is 5.85. The summed E-state index contributed by atoms with van der Waals surface area (Å²) in [7, 11) is -2.55. The maximum absolute atomic E-state index is 11.9. The van der Waals surface area contributed by atoms with Crippen LogP contribution in [0.25, 0.3) is 0 Å². The number of carbonyl (C=O) groups excluding carboxylic acids is 2. The third kappa shape index (κ3) is 4.32. The number of rotatable bonds is 6. The number of sulfonamides is 1. The first-order chi connectivity index (χ1) is 9.40. The molecule has 0 unspecified atom stereocenters. The molecule has 1 rings (SSSR count). The van der Waals surface area contributed by atoms with Crippen molar-refractivity contribution in [3.05, 3.63) is 29.8 Å². The van der Waals surface area contributed by atoms with Crippen molar-refractivity contribution in [2.75, 3.05) is 20.2 Å². The predicted octanol–water partition coefficient (Wildman–Crippen LogP) is -0.112. The van der Waals surface area contributed by atoms with Gasteiger partial charge in [0.25, 0.3) is 0 Å². The maximum Gasteiger partial charge on any atom is 0.337 e. The van der Waals surface area contributed by atoms with Crippen molar-refractivity contribution in [3.8, 4) is 0 Å². The lowest BCUT2D eigenvalue weighted by Gasteiger charge is -2.07. The van der Waals surface area contributed by atoms with Crippen LogP contribution in [0, 0.1) is 0 Å². The van der Waals surface area contributed by atoms with Crippen LogP contribution in [0.2, 0.25) is 0 Å². The van der Waals surface area contributed by atoms with Crippen LogP contribution in [-0.4, -0.2) is 40.5 Å². The zero-order valence-electron chi connectivity index (χ0n) is 11.2. The van der Waals surface area contributed by atoms with Gasteiger partial charge >= 0.3 is 5.97 Å². The van der Waals surface area contributed by atoms with Crippen molar-refractivity contribution in [1.29, 1.82) is 0 Å².